The summed E-state index contributed by atoms with van der Waals surface area (Å²) in [4.78, 5) is 38.1. The van der Waals surface area contributed by atoms with Crippen LogP contribution in [0, 0.1) is 5.92 Å². The minimum atomic E-state index is -0.839. The third-order valence-electron chi connectivity index (χ3n) is 5.18. The number of rotatable bonds is 2. The first-order valence-corrected chi connectivity index (χ1v) is 8.16. The molecule has 5 heteroatoms. The van der Waals surface area contributed by atoms with Crippen molar-refractivity contribution in [2.75, 3.05) is 6.54 Å². The summed E-state index contributed by atoms with van der Waals surface area (Å²) in [5, 5.41) is 9.33. The molecule has 1 amide bonds. The van der Waals surface area contributed by atoms with Gasteiger partial charge in [-0.1, -0.05) is 24.3 Å². The van der Waals surface area contributed by atoms with Crippen LogP contribution in [-0.4, -0.2) is 40.3 Å². The van der Waals surface area contributed by atoms with Gasteiger partial charge in [-0.2, -0.15) is 0 Å². The summed E-state index contributed by atoms with van der Waals surface area (Å²) in [5.41, 5.74) is 1.43. The largest absolute Gasteiger partial charge is 0.481 e. The summed E-state index contributed by atoms with van der Waals surface area (Å²) in [5.74, 6) is -1.63. The summed E-state index contributed by atoms with van der Waals surface area (Å²) in [6.07, 6.45) is 2.20. The van der Waals surface area contributed by atoms with E-state index in [9.17, 15) is 19.5 Å². The first-order valence-electron chi connectivity index (χ1n) is 8.16. The second-order valence-electron chi connectivity index (χ2n) is 6.46. The van der Waals surface area contributed by atoms with Gasteiger partial charge in [-0.15, -0.1) is 0 Å². The van der Waals surface area contributed by atoms with Gasteiger partial charge in [0.1, 0.15) is 0 Å². The van der Waals surface area contributed by atoms with E-state index in [2.05, 4.69) is 0 Å². The summed E-state index contributed by atoms with van der Waals surface area (Å²) in [7, 11) is 0. The summed E-state index contributed by atoms with van der Waals surface area (Å²) >= 11 is 0. The molecular weight excluding hydrogens is 294 g/mol. The molecule has 0 saturated carbocycles. The predicted molar refractivity (Wildman–Crippen MR) is 84.3 cm³/mol. The van der Waals surface area contributed by atoms with E-state index in [1.807, 2.05) is 25.1 Å². The van der Waals surface area contributed by atoms with Gasteiger partial charge in [0.25, 0.3) is 0 Å². The maximum Gasteiger partial charge on any atom is 0.308 e. The molecule has 0 radical (unpaired) electrons. The molecule has 3 atom stereocenters. The quantitative estimate of drug-likeness (QED) is 0.909. The Morgan fingerprint density at radius 3 is 2.70 bits per heavy atom. The van der Waals surface area contributed by atoms with Gasteiger partial charge in [0.2, 0.25) is 5.91 Å². The van der Waals surface area contributed by atoms with Crippen LogP contribution in [0.5, 0.6) is 0 Å². The number of fused-ring (bicyclic) bond motifs is 1. The average molecular weight is 315 g/mol. The normalized spacial score (nSPS) is 27.4. The van der Waals surface area contributed by atoms with Crippen molar-refractivity contribution in [2.24, 2.45) is 5.92 Å². The number of carboxylic acid groups (broad SMARTS) is 1. The Labute approximate surface area is 135 Å². The molecule has 1 aliphatic carbocycles. The van der Waals surface area contributed by atoms with Crippen LogP contribution in [0.15, 0.2) is 24.3 Å². The van der Waals surface area contributed by atoms with Crippen molar-refractivity contribution in [3.8, 4) is 0 Å². The molecule has 1 aliphatic heterocycles. The van der Waals surface area contributed by atoms with Gasteiger partial charge in [-0.25, -0.2) is 0 Å². The van der Waals surface area contributed by atoms with E-state index in [-0.39, 0.29) is 23.7 Å². The Hall–Kier alpha value is -2.17. The van der Waals surface area contributed by atoms with Crippen LogP contribution in [0.25, 0.3) is 0 Å². The number of amides is 1. The number of benzene rings is 1. The summed E-state index contributed by atoms with van der Waals surface area (Å²) < 4.78 is 0. The number of ketones is 1. The van der Waals surface area contributed by atoms with E-state index in [1.165, 1.54) is 0 Å². The molecule has 1 aromatic carbocycles. The monoisotopic (exact) mass is 315 g/mol. The SMILES string of the molecule is C[C@@H]1[C@H](C(=O)O)CCCN1C(=O)C1CCC(=O)c2ccccc21. The average Bonchev–Trinajstić information content (AvgIpc) is 2.55. The molecule has 1 fully saturated rings. The molecular formula is C18H21NO4. The molecule has 5 nitrogen and oxygen atoms in total. The summed E-state index contributed by atoms with van der Waals surface area (Å²) in [6, 6.07) is 6.97. The van der Waals surface area contributed by atoms with Crippen molar-refractivity contribution >= 4 is 17.7 Å². The van der Waals surface area contributed by atoms with E-state index in [0.29, 0.717) is 37.8 Å². The molecule has 1 unspecified atom stereocenters. The van der Waals surface area contributed by atoms with Crippen molar-refractivity contribution in [1.29, 1.82) is 0 Å². The Kier molecular flexibility index (Phi) is 4.20. The molecule has 2 aliphatic rings. The van der Waals surface area contributed by atoms with Crippen LogP contribution in [0.3, 0.4) is 0 Å². The fourth-order valence-electron chi connectivity index (χ4n) is 3.86. The van der Waals surface area contributed by atoms with Crippen molar-refractivity contribution < 1.29 is 19.5 Å². The zero-order valence-corrected chi connectivity index (χ0v) is 13.2. The highest BCUT2D eigenvalue weighted by Gasteiger charge is 2.39. The minimum absolute atomic E-state index is 0.0385. The lowest BCUT2D eigenvalue weighted by Crippen LogP contribution is -2.51. The fourth-order valence-corrected chi connectivity index (χ4v) is 3.86. The van der Waals surface area contributed by atoms with Crippen LogP contribution < -0.4 is 0 Å². The zero-order valence-electron chi connectivity index (χ0n) is 13.2. The van der Waals surface area contributed by atoms with Gasteiger partial charge in [-0.3, -0.25) is 14.4 Å². The Balaban J connectivity index is 1.87. The molecule has 1 N–H and O–H groups in total. The Bertz CT molecular complexity index is 654. The molecule has 122 valence electrons. The van der Waals surface area contributed by atoms with Gasteiger partial charge in [0.05, 0.1) is 11.8 Å². The lowest BCUT2D eigenvalue weighted by Gasteiger charge is -2.40. The van der Waals surface area contributed by atoms with E-state index < -0.39 is 11.9 Å². The number of carbonyl (C=O) groups excluding carboxylic acids is 2. The first-order chi connectivity index (χ1) is 11.0. The molecule has 1 heterocycles. The second kappa shape index (κ2) is 6.14. The van der Waals surface area contributed by atoms with Gasteiger partial charge >= 0.3 is 5.97 Å². The van der Waals surface area contributed by atoms with Crippen molar-refractivity contribution in [1.82, 2.24) is 4.90 Å². The third kappa shape index (κ3) is 2.76. The lowest BCUT2D eigenvalue weighted by atomic mass is 9.80. The maximum atomic E-state index is 13.0. The number of carbonyl (C=O) groups is 3. The van der Waals surface area contributed by atoms with E-state index in [0.717, 1.165) is 5.56 Å². The number of nitrogens with zero attached hydrogens (tertiary/aromatic N) is 1. The molecule has 0 bridgehead atoms. The highest BCUT2D eigenvalue weighted by atomic mass is 16.4. The molecule has 1 aromatic rings. The highest BCUT2D eigenvalue weighted by molar-refractivity contribution is 6.01. The van der Waals surface area contributed by atoms with Crippen LogP contribution in [0.2, 0.25) is 0 Å². The first kappa shape index (κ1) is 15.7. The van der Waals surface area contributed by atoms with E-state index in [1.54, 1.807) is 11.0 Å². The fraction of sp³-hybridized carbons (Fsp3) is 0.500. The molecule has 0 spiro atoms. The van der Waals surface area contributed by atoms with Crippen molar-refractivity contribution in [2.45, 2.75) is 44.6 Å². The summed E-state index contributed by atoms with van der Waals surface area (Å²) in [6.45, 7) is 2.41. The zero-order chi connectivity index (χ0) is 16.6. The molecule has 0 aromatic heterocycles. The van der Waals surface area contributed by atoms with Gasteiger partial charge in [-0.05, 0) is 31.7 Å². The molecule has 1 saturated heterocycles. The molecule has 23 heavy (non-hydrogen) atoms. The Morgan fingerprint density at radius 1 is 1.22 bits per heavy atom. The maximum absolute atomic E-state index is 13.0. The van der Waals surface area contributed by atoms with Gasteiger partial charge in [0, 0.05) is 24.6 Å². The number of hydrogen-bond donors (Lipinski definition) is 1. The van der Waals surface area contributed by atoms with Crippen molar-refractivity contribution in [3.63, 3.8) is 0 Å². The van der Waals surface area contributed by atoms with Gasteiger partial charge in [0.15, 0.2) is 5.78 Å². The van der Waals surface area contributed by atoms with Crippen LogP contribution >= 0.6 is 0 Å². The van der Waals surface area contributed by atoms with Crippen LogP contribution in [0.4, 0.5) is 0 Å². The lowest BCUT2D eigenvalue weighted by molar-refractivity contribution is -0.149. The van der Waals surface area contributed by atoms with Gasteiger partial charge < -0.3 is 10.0 Å². The number of piperidine rings is 1. The number of hydrogen-bond acceptors (Lipinski definition) is 3. The number of aliphatic carboxylic acids is 1. The van der Waals surface area contributed by atoms with E-state index >= 15 is 0 Å². The predicted octanol–water partition coefficient (Wildman–Crippen LogP) is 2.46. The number of carboxylic acids is 1. The smallest absolute Gasteiger partial charge is 0.308 e. The number of likely N-dealkylation sites (tertiary alicyclic amines) is 1. The number of Topliss-reactive ketones (excluding diaryl/α,β-unsaturated/α-hetero) is 1. The standard InChI is InChI=1S/C18H21NO4/c1-11-12(18(22)23)7-4-10-19(11)17(21)15-8-9-16(20)14-6-3-2-5-13(14)15/h2-3,5-6,11-12,15H,4,7-10H2,1H3,(H,22,23)/t11-,12-,15?/m1/s1. The highest BCUT2D eigenvalue weighted by Crippen LogP contribution is 2.35. The Morgan fingerprint density at radius 2 is 1.96 bits per heavy atom. The molecule has 3 rings (SSSR count). The van der Waals surface area contributed by atoms with Crippen molar-refractivity contribution in [3.05, 3.63) is 35.4 Å². The van der Waals surface area contributed by atoms with E-state index in [4.69, 9.17) is 0 Å². The topological polar surface area (TPSA) is 74.7 Å². The second-order valence-corrected chi connectivity index (χ2v) is 6.46. The van der Waals surface area contributed by atoms with Crippen LogP contribution in [0.1, 0.15) is 54.4 Å². The minimum Gasteiger partial charge on any atom is -0.481 e. The van der Waals surface area contributed by atoms with Crippen LogP contribution in [-0.2, 0) is 9.59 Å². The third-order valence-corrected chi connectivity index (χ3v) is 5.18.